The lowest BCUT2D eigenvalue weighted by molar-refractivity contribution is -0.137. The average Bonchev–Trinajstić information content (AvgIpc) is 2.64. The van der Waals surface area contributed by atoms with Gasteiger partial charge in [0.15, 0.2) is 0 Å². The number of carboxylic acids is 1. The van der Waals surface area contributed by atoms with E-state index in [9.17, 15) is 13.2 Å². The van der Waals surface area contributed by atoms with E-state index in [2.05, 4.69) is 15.4 Å². The third-order valence-corrected chi connectivity index (χ3v) is 3.62. The van der Waals surface area contributed by atoms with Crippen molar-refractivity contribution in [2.45, 2.75) is 18.0 Å². The summed E-state index contributed by atoms with van der Waals surface area (Å²) in [5.41, 5.74) is 0. The van der Waals surface area contributed by atoms with Crippen LogP contribution < -0.4 is 0 Å². The van der Waals surface area contributed by atoms with E-state index in [1.54, 1.807) is 0 Å². The van der Waals surface area contributed by atoms with Crippen molar-refractivity contribution in [3.05, 3.63) is 0 Å². The molecule has 1 N–H and O–H groups in total. The second-order valence-electron chi connectivity index (χ2n) is 3.39. The van der Waals surface area contributed by atoms with Crippen LogP contribution in [0.15, 0.2) is 5.16 Å². The second-order valence-corrected chi connectivity index (χ2v) is 5.32. The average molecular weight is 263 g/mol. The van der Waals surface area contributed by atoms with Crippen molar-refractivity contribution >= 4 is 16.0 Å². The van der Waals surface area contributed by atoms with Crippen molar-refractivity contribution < 1.29 is 18.3 Å². The van der Waals surface area contributed by atoms with Gasteiger partial charge in [0.1, 0.15) is 0 Å². The molecule has 0 saturated carbocycles. The van der Waals surface area contributed by atoms with Gasteiger partial charge in [-0.1, -0.05) is 5.10 Å². The van der Waals surface area contributed by atoms with Crippen molar-refractivity contribution in [1.29, 1.82) is 0 Å². The summed E-state index contributed by atoms with van der Waals surface area (Å²) in [6, 6.07) is 0. The predicted molar refractivity (Wildman–Crippen MR) is 55.5 cm³/mol. The number of carboxylic acid groups (broad SMARTS) is 1. The molecule has 0 atom stereocenters. The summed E-state index contributed by atoms with van der Waals surface area (Å²) in [5.74, 6) is -0.964. The maximum absolute atomic E-state index is 11.8. The number of hydrogen-bond acceptors (Lipinski definition) is 6. The number of carbonyl (C=O) groups is 1. The van der Waals surface area contributed by atoms with Crippen LogP contribution >= 0.6 is 0 Å². The number of aliphatic carboxylic acids is 1. The van der Waals surface area contributed by atoms with Gasteiger partial charge in [-0.2, -0.15) is 9.10 Å². The van der Waals surface area contributed by atoms with Gasteiger partial charge >= 0.3 is 11.1 Å². The number of rotatable bonds is 6. The van der Waals surface area contributed by atoms with Gasteiger partial charge in [-0.25, -0.2) is 8.42 Å². The smallest absolute Gasteiger partial charge is 0.303 e. The molecule has 0 aromatic carbocycles. The molecule has 0 aliphatic heterocycles. The Hall–Kier alpha value is -1.55. The molecule has 0 bridgehead atoms. The molecular formula is C7H13N5O4S. The van der Waals surface area contributed by atoms with Crippen LogP contribution in [0.5, 0.6) is 0 Å². The SMILES string of the molecule is CN(CCCC(=O)O)S(=O)(=O)c1nnn(C)n1. The normalized spacial score (nSPS) is 11.9. The summed E-state index contributed by atoms with van der Waals surface area (Å²) < 4.78 is 24.6. The summed E-state index contributed by atoms with van der Waals surface area (Å²) in [5, 5.41) is 18.5. The van der Waals surface area contributed by atoms with Crippen LogP contribution in [0.4, 0.5) is 0 Å². The van der Waals surface area contributed by atoms with Crippen molar-refractivity contribution in [3.8, 4) is 0 Å². The van der Waals surface area contributed by atoms with E-state index in [0.717, 1.165) is 9.10 Å². The van der Waals surface area contributed by atoms with Crippen LogP contribution in [0.2, 0.25) is 0 Å². The molecule has 1 aromatic rings. The predicted octanol–water partition coefficient (Wildman–Crippen LogP) is -1.30. The maximum Gasteiger partial charge on any atom is 0.303 e. The van der Waals surface area contributed by atoms with Gasteiger partial charge in [0.25, 0.3) is 10.0 Å². The molecule has 0 saturated heterocycles. The molecule has 17 heavy (non-hydrogen) atoms. The summed E-state index contributed by atoms with van der Waals surface area (Å²) in [6.07, 6.45) is 0.138. The zero-order chi connectivity index (χ0) is 13.1. The Labute approximate surface area is 98.1 Å². The lowest BCUT2D eigenvalue weighted by Crippen LogP contribution is -2.29. The molecule has 1 aromatic heterocycles. The van der Waals surface area contributed by atoms with Crippen molar-refractivity contribution in [1.82, 2.24) is 24.5 Å². The zero-order valence-corrected chi connectivity index (χ0v) is 10.3. The van der Waals surface area contributed by atoms with Crippen LogP contribution in [0.3, 0.4) is 0 Å². The van der Waals surface area contributed by atoms with Gasteiger partial charge < -0.3 is 5.11 Å². The number of aryl methyl sites for hydroxylation is 1. The first-order chi connectivity index (χ1) is 7.84. The molecule has 1 heterocycles. The van der Waals surface area contributed by atoms with E-state index < -0.39 is 21.1 Å². The number of aromatic nitrogens is 4. The van der Waals surface area contributed by atoms with E-state index >= 15 is 0 Å². The van der Waals surface area contributed by atoms with Gasteiger partial charge in [-0.3, -0.25) is 4.79 Å². The maximum atomic E-state index is 11.8. The first kappa shape index (κ1) is 13.5. The fourth-order valence-corrected chi connectivity index (χ4v) is 2.09. The van der Waals surface area contributed by atoms with E-state index in [4.69, 9.17) is 5.11 Å². The Morgan fingerprint density at radius 1 is 1.53 bits per heavy atom. The van der Waals surface area contributed by atoms with Crippen LogP contribution in [-0.4, -0.2) is 57.6 Å². The highest BCUT2D eigenvalue weighted by atomic mass is 32.2. The van der Waals surface area contributed by atoms with Crippen molar-refractivity contribution in [3.63, 3.8) is 0 Å². The summed E-state index contributed by atoms with van der Waals surface area (Å²) in [6.45, 7) is 0.0902. The third-order valence-electron chi connectivity index (χ3n) is 1.99. The lowest BCUT2D eigenvalue weighted by Gasteiger charge is -2.13. The summed E-state index contributed by atoms with van der Waals surface area (Å²) >= 11 is 0. The minimum absolute atomic E-state index is 0.0895. The molecule has 0 spiro atoms. The van der Waals surface area contributed by atoms with Crippen LogP contribution in [-0.2, 0) is 21.9 Å². The Morgan fingerprint density at radius 3 is 2.65 bits per heavy atom. The van der Waals surface area contributed by atoms with Gasteiger partial charge in [0.05, 0.1) is 7.05 Å². The highest BCUT2D eigenvalue weighted by molar-refractivity contribution is 7.88. The molecular weight excluding hydrogens is 250 g/mol. The molecule has 10 heteroatoms. The van der Waals surface area contributed by atoms with Crippen LogP contribution in [0, 0.1) is 0 Å². The molecule has 9 nitrogen and oxygen atoms in total. The van der Waals surface area contributed by atoms with Gasteiger partial charge in [0, 0.05) is 20.0 Å². The number of tetrazole rings is 1. The van der Waals surface area contributed by atoms with Crippen molar-refractivity contribution in [2.24, 2.45) is 7.05 Å². The van der Waals surface area contributed by atoms with Gasteiger partial charge in [-0.15, -0.1) is 5.10 Å². The Bertz CT molecular complexity index is 496. The van der Waals surface area contributed by atoms with E-state index in [1.807, 2.05) is 0 Å². The van der Waals surface area contributed by atoms with Gasteiger partial charge in [-0.05, 0) is 11.6 Å². The topological polar surface area (TPSA) is 118 Å². The molecule has 0 radical (unpaired) electrons. The summed E-state index contributed by atoms with van der Waals surface area (Å²) in [7, 11) is -0.986. The monoisotopic (exact) mass is 263 g/mol. The molecule has 0 aliphatic rings. The van der Waals surface area contributed by atoms with Crippen LogP contribution in [0.1, 0.15) is 12.8 Å². The largest absolute Gasteiger partial charge is 0.481 e. The molecule has 96 valence electrons. The quantitative estimate of drug-likeness (QED) is 0.677. The summed E-state index contributed by atoms with van der Waals surface area (Å²) in [4.78, 5) is 11.3. The Morgan fingerprint density at radius 2 is 2.18 bits per heavy atom. The number of sulfonamides is 1. The minimum atomic E-state index is -3.78. The number of hydrogen-bond donors (Lipinski definition) is 1. The first-order valence-corrected chi connectivity index (χ1v) is 6.20. The molecule has 1 rings (SSSR count). The fraction of sp³-hybridized carbons (Fsp3) is 0.714. The molecule has 0 fully saturated rings. The van der Waals surface area contributed by atoms with E-state index in [-0.39, 0.29) is 19.4 Å². The highest BCUT2D eigenvalue weighted by Crippen LogP contribution is 2.08. The Kier molecular flexibility index (Phi) is 4.12. The molecule has 0 aliphatic carbocycles. The van der Waals surface area contributed by atoms with Crippen molar-refractivity contribution in [2.75, 3.05) is 13.6 Å². The highest BCUT2D eigenvalue weighted by Gasteiger charge is 2.25. The number of nitrogens with zero attached hydrogens (tertiary/aromatic N) is 5. The van der Waals surface area contributed by atoms with Gasteiger partial charge in [0.2, 0.25) is 0 Å². The first-order valence-electron chi connectivity index (χ1n) is 4.76. The fourth-order valence-electron chi connectivity index (χ4n) is 1.08. The zero-order valence-electron chi connectivity index (χ0n) is 9.44. The third kappa shape index (κ3) is 3.46. The minimum Gasteiger partial charge on any atom is -0.481 e. The van der Waals surface area contributed by atoms with Crippen LogP contribution in [0.25, 0.3) is 0 Å². The second kappa shape index (κ2) is 5.19. The van der Waals surface area contributed by atoms with E-state index in [0.29, 0.717) is 0 Å². The molecule has 0 unspecified atom stereocenters. The lowest BCUT2D eigenvalue weighted by atomic mass is 10.3. The standard InChI is InChI=1S/C7H13N5O4S/c1-11(5-3-4-6(13)14)17(15,16)7-8-10-12(2)9-7/h3-5H2,1-2H3,(H,13,14). The Balaban J connectivity index is 2.67. The molecule has 0 amide bonds. The van der Waals surface area contributed by atoms with E-state index in [1.165, 1.54) is 14.1 Å².